The molecule has 0 aromatic rings. The Balaban J connectivity index is 2.28. The van der Waals surface area contributed by atoms with Crippen LogP contribution in [-0.4, -0.2) is 30.4 Å². The number of aliphatic hydroxyl groups is 1. The predicted octanol–water partition coefficient (Wildman–Crippen LogP) is -1.79. The molecular weight excluding hydrogens is 108 g/mol. The van der Waals surface area contributed by atoms with Gasteiger partial charge in [0.05, 0.1) is 18.8 Å². The van der Waals surface area contributed by atoms with E-state index in [1.807, 2.05) is 0 Å². The summed E-state index contributed by atoms with van der Waals surface area (Å²) in [4.78, 5) is 4.72. The molecule has 0 amide bonds. The lowest BCUT2D eigenvalue weighted by Gasteiger charge is -2.24. The van der Waals surface area contributed by atoms with Crippen molar-refractivity contribution in [2.75, 3.05) is 13.2 Å². The smallest absolute Gasteiger partial charge is 0.0861 e. The van der Waals surface area contributed by atoms with Gasteiger partial charge in [-0.25, -0.2) is 0 Å². The summed E-state index contributed by atoms with van der Waals surface area (Å²) in [6, 6.07) is -0.226. The zero-order valence-electron chi connectivity index (χ0n) is 4.50. The molecule has 0 spiro atoms. The minimum atomic E-state index is -0.455. The van der Waals surface area contributed by atoms with Crippen molar-refractivity contribution >= 4 is 0 Å². The molecule has 1 heterocycles. The lowest BCUT2D eigenvalue weighted by molar-refractivity contribution is -0.0546. The van der Waals surface area contributed by atoms with Crippen LogP contribution in [0.25, 0.3) is 0 Å². The van der Waals surface area contributed by atoms with Crippen molar-refractivity contribution in [2.24, 2.45) is 5.73 Å². The van der Waals surface area contributed by atoms with E-state index in [1.165, 1.54) is 0 Å². The quantitative estimate of drug-likeness (QED) is 0.351. The first kappa shape index (κ1) is 5.97. The number of nitrogens with one attached hydrogen (secondary N) is 1. The Hall–Kier alpha value is -0.160. The van der Waals surface area contributed by atoms with E-state index >= 15 is 0 Å². The van der Waals surface area contributed by atoms with E-state index in [1.54, 1.807) is 0 Å². The van der Waals surface area contributed by atoms with Crippen LogP contribution in [-0.2, 0) is 4.84 Å². The summed E-state index contributed by atoms with van der Waals surface area (Å²) < 4.78 is 0. The van der Waals surface area contributed by atoms with E-state index < -0.39 is 6.10 Å². The lowest BCUT2D eigenvalue weighted by atomic mass is 10.2. The van der Waals surface area contributed by atoms with Crippen LogP contribution in [0.2, 0.25) is 0 Å². The average Bonchev–Trinajstić information content (AvgIpc) is 1.77. The average molecular weight is 118 g/mol. The molecule has 48 valence electrons. The normalized spacial score (nSPS) is 39.8. The second-order valence-electron chi connectivity index (χ2n) is 1.89. The van der Waals surface area contributed by atoms with E-state index in [0.29, 0.717) is 13.2 Å². The van der Waals surface area contributed by atoms with Gasteiger partial charge in [-0.3, -0.25) is 4.84 Å². The predicted molar refractivity (Wildman–Crippen MR) is 27.9 cm³/mol. The van der Waals surface area contributed by atoms with E-state index in [4.69, 9.17) is 15.7 Å². The van der Waals surface area contributed by atoms with Crippen molar-refractivity contribution < 1.29 is 9.94 Å². The number of rotatable bonds is 0. The minimum Gasteiger partial charge on any atom is -0.390 e. The van der Waals surface area contributed by atoms with Gasteiger partial charge in [0, 0.05) is 6.54 Å². The fourth-order valence-electron chi connectivity index (χ4n) is 0.562. The number of hydroxylamine groups is 1. The molecule has 4 heteroatoms. The van der Waals surface area contributed by atoms with Crippen LogP contribution in [0.1, 0.15) is 0 Å². The number of hydrogen-bond donors (Lipinski definition) is 3. The summed E-state index contributed by atoms with van der Waals surface area (Å²) in [5.74, 6) is 0. The first-order valence-electron chi connectivity index (χ1n) is 2.59. The van der Waals surface area contributed by atoms with Crippen molar-refractivity contribution in [3.8, 4) is 0 Å². The summed E-state index contributed by atoms with van der Waals surface area (Å²) >= 11 is 0. The standard InChI is InChI=1S/C4H10N2O2/c5-3-2-8-6-1-4(3)7/h3-4,6-7H,1-2,5H2. The van der Waals surface area contributed by atoms with Crippen LogP contribution in [0.5, 0.6) is 0 Å². The summed E-state index contributed by atoms with van der Waals surface area (Å²) in [6.07, 6.45) is -0.455. The van der Waals surface area contributed by atoms with Crippen LogP contribution in [0.3, 0.4) is 0 Å². The third-order valence-corrected chi connectivity index (χ3v) is 1.16. The van der Waals surface area contributed by atoms with Crippen molar-refractivity contribution in [1.29, 1.82) is 0 Å². The van der Waals surface area contributed by atoms with Gasteiger partial charge in [0.1, 0.15) is 0 Å². The van der Waals surface area contributed by atoms with Gasteiger partial charge in [0.25, 0.3) is 0 Å². The maximum absolute atomic E-state index is 8.91. The minimum absolute atomic E-state index is 0.226. The van der Waals surface area contributed by atoms with Gasteiger partial charge < -0.3 is 10.8 Å². The highest BCUT2D eigenvalue weighted by atomic mass is 16.6. The molecule has 4 nitrogen and oxygen atoms in total. The molecule has 0 aliphatic carbocycles. The van der Waals surface area contributed by atoms with Crippen LogP contribution in [0.15, 0.2) is 0 Å². The van der Waals surface area contributed by atoms with Crippen molar-refractivity contribution in [2.45, 2.75) is 12.1 Å². The van der Waals surface area contributed by atoms with Gasteiger partial charge in [0.15, 0.2) is 0 Å². The number of nitrogens with two attached hydrogens (primary N) is 1. The van der Waals surface area contributed by atoms with E-state index in [2.05, 4.69) is 5.48 Å². The van der Waals surface area contributed by atoms with Crippen LogP contribution >= 0.6 is 0 Å². The van der Waals surface area contributed by atoms with Gasteiger partial charge in [-0.15, -0.1) is 0 Å². The monoisotopic (exact) mass is 118 g/mol. The maximum Gasteiger partial charge on any atom is 0.0861 e. The highest BCUT2D eigenvalue weighted by Gasteiger charge is 2.18. The van der Waals surface area contributed by atoms with Gasteiger partial charge in [-0.05, 0) is 0 Å². The summed E-state index contributed by atoms with van der Waals surface area (Å²) in [5.41, 5.74) is 7.90. The number of aliphatic hydroxyl groups excluding tert-OH is 1. The Morgan fingerprint density at radius 3 is 2.88 bits per heavy atom. The molecule has 0 aromatic carbocycles. The first-order chi connectivity index (χ1) is 3.80. The molecule has 1 aliphatic rings. The third kappa shape index (κ3) is 1.16. The Labute approximate surface area is 47.6 Å². The molecule has 8 heavy (non-hydrogen) atoms. The fraction of sp³-hybridized carbons (Fsp3) is 1.00. The zero-order chi connectivity index (χ0) is 5.98. The van der Waals surface area contributed by atoms with E-state index in [-0.39, 0.29) is 6.04 Å². The Morgan fingerprint density at radius 2 is 2.50 bits per heavy atom. The summed E-state index contributed by atoms with van der Waals surface area (Å²) in [7, 11) is 0. The lowest BCUT2D eigenvalue weighted by Crippen LogP contribution is -2.50. The summed E-state index contributed by atoms with van der Waals surface area (Å²) in [5, 5.41) is 8.91. The molecular formula is C4H10N2O2. The topological polar surface area (TPSA) is 67.5 Å². The Kier molecular flexibility index (Phi) is 1.80. The second kappa shape index (κ2) is 2.41. The highest BCUT2D eigenvalue weighted by molar-refractivity contribution is 4.74. The zero-order valence-corrected chi connectivity index (χ0v) is 4.50. The second-order valence-corrected chi connectivity index (χ2v) is 1.89. The maximum atomic E-state index is 8.91. The molecule has 0 radical (unpaired) electrons. The van der Waals surface area contributed by atoms with Gasteiger partial charge in [-0.1, -0.05) is 0 Å². The molecule has 1 rings (SSSR count). The van der Waals surface area contributed by atoms with Crippen molar-refractivity contribution in [3.63, 3.8) is 0 Å². The Morgan fingerprint density at radius 1 is 1.75 bits per heavy atom. The van der Waals surface area contributed by atoms with Gasteiger partial charge in [-0.2, -0.15) is 5.48 Å². The highest BCUT2D eigenvalue weighted by Crippen LogP contribution is 1.93. The number of hydrogen-bond acceptors (Lipinski definition) is 4. The van der Waals surface area contributed by atoms with Crippen LogP contribution in [0, 0.1) is 0 Å². The first-order valence-corrected chi connectivity index (χ1v) is 2.59. The summed E-state index contributed by atoms with van der Waals surface area (Å²) in [6.45, 7) is 0.822. The molecule has 1 aliphatic heterocycles. The molecule has 1 fully saturated rings. The fourth-order valence-corrected chi connectivity index (χ4v) is 0.562. The largest absolute Gasteiger partial charge is 0.390 e. The van der Waals surface area contributed by atoms with E-state index in [9.17, 15) is 0 Å². The molecule has 4 N–H and O–H groups in total. The SMILES string of the molecule is NC1CONCC1O. The van der Waals surface area contributed by atoms with Crippen molar-refractivity contribution in [3.05, 3.63) is 0 Å². The molecule has 1 saturated heterocycles. The Bertz CT molecular complexity index is 68.4. The molecule has 2 atom stereocenters. The van der Waals surface area contributed by atoms with Crippen molar-refractivity contribution in [1.82, 2.24) is 5.48 Å². The molecule has 0 bridgehead atoms. The van der Waals surface area contributed by atoms with Gasteiger partial charge >= 0.3 is 0 Å². The van der Waals surface area contributed by atoms with E-state index in [0.717, 1.165) is 0 Å². The van der Waals surface area contributed by atoms with Crippen LogP contribution in [0.4, 0.5) is 0 Å². The van der Waals surface area contributed by atoms with Crippen LogP contribution < -0.4 is 11.2 Å². The molecule has 0 saturated carbocycles. The molecule has 2 unspecified atom stereocenters. The van der Waals surface area contributed by atoms with Gasteiger partial charge in [0.2, 0.25) is 0 Å². The molecule has 0 aromatic heterocycles. The third-order valence-electron chi connectivity index (χ3n) is 1.16. The number of β-amino-alcohol motifs (C(OH)–C–C–N with tert-alkyl or cyclic N) is 1.